The number of nitrogens with one attached hydrogen (secondary N) is 1. The van der Waals surface area contributed by atoms with Crippen molar-refractivity contribution in [1.82, 2.24) is 30.1 Å². The van der Waals surface area contributed by atoms with E-state index in [-0.39, 0.29) is 36.2 Å². The van der Waals surface area contributed by atoms with Crippen molar-refractivity contribution in [1.29, 1.82) is 0 Å². The molecule has 8 N–H and O–H groups in total. The number of hydroxylamine groups is 2. The molecule has 1 fully saturated rings. The molecule has 0 saturated carbocycles. The summed E-state index contributed by atoms with van der Waals surface area (Å²) in [5.41, 5.74) is 10.0. The molecule has 0 aromatic carbocycles. The van der Waals surface area contributed by atoms with Gasteiger partial charge in [-0.25, -0.2) is 9.78 Å². The maximum Gasteiger partial charge on any atom is 0.490 e. The second kappa shape index (κ2) is 20.0. The highest BCUT2D eigenvalue weighted by Gasteiger charge is 2.57. The summed E-state index contributed by atoms with van der Waals surface area (Å²) in [6.45, 7) is 4.57. The van der Waals surface area contributed by atoms with Gasteiger partial charge in [-0.05, 0) is 26.0 Å². The number of carbonyl (C=O) groups excluding carboxylic acids is 3. The third-order valence-electron chi connectivity index (χ3n) is 6.39. The van der Waals surface area contributed by atoms with Crippen molar-refractivity contribution in [2.45, 2.75) is 44.6 Å². The maximum absolute atomic E-state index is 13.0. The fraction of sp³-hybridized carbons (Fsp3) is 0.407. The lowest BCUT2D eigenvalue weighted by molar-refractivity contribution is -0.368. The predicted octanol–water partition coefficient (Wildman–Crippen LogP) is 0.0119. The summed E-state index contributed by atoms with van der Waals surface area (Å²) in [6, 6.07) is 2.54. The van der Waals surface area contributed by atoms with Gasteiger partial charge in [0.1, 0.15) is 24.1 Å². The number of nitrogens with zero attached hydrogens (tertiary/aromatic N) is 6. The van der Waals surface area contributed by atoms with Gasteiger partial charge in [-0.3, -0.25) is 28.6 Å². The first kappa shape index (κ1) is 42.9. The molecular weight excluding hydrogens is 747 g/mol. The molecule has 52 heavy (non-hydrogen) atoms. The predicted molar refractivity (Wildman–Crippen MR) is 174 cm³/mol. The molecule has 3 aromatic heterocycles. The molecule has 0 spiro atoms. The first-order chi connectivity index (χ1) is 24.5. The number of oxime groups is 1. The maximum atomic E-state index is 13.0. The van der Waals surface area contributed by atoms with E-state index in [0.29, 0.717) is 12.9 Å². The van der Waals surface area contributed by atoms with Crippen molar-refractivity contribution in [3.05, 3.63) is 41.8 Å². The number of carbonyl (C=O) groups is 4. The Morgan fingerprint density at radius 3 is 2.46 bits per heavy atom. The lowest BCUT2D eigenvalue weighted by Gasteiger charge is -2.50. The number of pyridine rings is 1. The van der Waals surface area contributed by atoms with E-state index < -0.39 is 46.9 Å². The minimum absolute atomic E-state index is 0.0189. The van der Waals surface area contributed by atoms with Crippen LogP contribution in [0.15, 0.2) is 41.3 Å². The molecule has 1 unspecified atom stereocenters. The zero-order valence-electron chi connectivity index (χ0n) is 27.6. The molecule has 1 aliphatic heterocycles. The summed E-state index contributed by atoms with van der Waals surface area (Å²) in [5, 5.41) is 20.1. The standard InChI is InChI=1S/C23H29N9O7S2.C3H3F3O2.CH2O2/c1-23(2)19(21(34)32(23)39-41(35)36)29-20(33)18(17-13-40-22(25)28-17)30-38-9-8-37-15-4-5-16(26-11-15)14-10-27-31(12-14)7-3-6-24;1-8-2(7)3(4,5)6;2-1-3/h4-5,10-13,19H,3,6-9,24H2,1-2H3,(H2,25,28)(H,29,33)(H,35,36);1H3;1H,(H,2,3)/p+1/b30-18-;;/t19-;;/m1../s1. The van der Waals surface area contributed by atoms with Crippen LogP contribution in [0.25, 0.3) is 11.3 Å². The van der Waals surface area contributed by atoms with Gasteiger partial charge in [0.25, 0.3) is 18.3 Å². The second-order valence-corrected chi connectivity index (χ2v) is 11.8. The Hall–Kier alpha value is -5.24. The Morgan fingerprint density at radius 2 is 1.96 bits per heavy atom. The van der Waals surface area contributed by atoms with E-state index in [9.17, 15) is 31.8 Å². The molecule has 0 bridgehead atoms. The van der Waals surface area contributed by atoms with Crippen LogP contribution in [0.4, 0.5) is 18.3 Å². The van der Waals surface area contributed by atoms with Crippen molar-refractivity contribution in [2.24, 2.45) is 5.16 Å². The van der Waals surface area contributed by atoms with Gasteiger partial charge in [0.05, 0.1) is 37.3 Å². The molecule has 286 valence electrons. The van der Waals surface area contributed by atoms with Gasteiger partial charge < -0.3 is 36.2 Å². The van der Waals surface area contributed by atoms with Crippen molar-refractivity contribution < 1.29 is 70.5 Å². The molecule has 1 saturated heterocycles. The van der Waals surface area contributed by atoms with Gasteiger partial charge in [-0.2, -0.15) is 27.5 Å². The molecule has 4 heterocycles. The van der Waals surface area contributed by atoms with Crippen LogP contribution < -0.4 is 21.5 Å². The summed E-state index contributed by atoms with van der Waals surface area (Å²) in [6.07, 6.45) is 1.36. The molecule has 2 atom stereocenters. The lowest BCUT2D eigenvalue weighted by atomic mass is 9.84. The number of aromatic nitrogens is 4. The van der Waals surface area contributed by atoms with Gasteiger partial charge in [-0.15, -0.1) is 15.6 Å². The molecule has 25 heteroatoms. The third kappa shape index (κ3) is 12.5. The Balaban J connectivity index is 0.000000742. The highest BCUT2D eigenvalue weighted by Crippen LogP contribution is 2.32. The summed E-state index contributed by atoms with van der Waals surface area (Å²) < 4.78 is 68.3. The molecule has 4 rings (SSSR count). The van der Waals surface area contributed by atoms with Gasteiger partial charge in [0, 0.05) is 30.1 Å². The van der Waals surface area contributed by atoms with E-state index in [0.717, 1.165) is 47.2 Å². The number of thiazole rings is 1. The number of ether oxygens (including phenoxy) is 2. The zero-order valence-corrected chi connectivity index (χ0v) is 29.3. The van der Waals surface area contributed by atoms with Crippen molar-refractivity contribution in [3.8, 4) is 17.0 Å². The molecule has 0 radical (unpaired) electrons. The highest BCUT2D eigenvalue weighted by molar-refractivity contribution is 7.74. The third-order valence-corrected chi connectivity index (χ3v) is 7.34. The molecule has 1 aliphatic rings. The number of alkyl halides is 3. The zero-order chi connectivity index (χ0) is 39.1. The van der Waals surface area contributed by atoms with Crippen LogP contribution in [0.2, 0.25) is 0 Å². The van der Waals surface area contributed by atoms with E-state index in [4.69, 9.17) is 29.8 Å². The number of nitrogens with two attached hydrogens (primary N) is 1. The highest BCUT2D eigenvalue weighted by atomic mass is 32.2. The van der Waals surface area contributed by atoms with E-state index in [2.05, 4.69) is 40.3 Å². The number of aryl methyl sites for hydroxylation is 1. The number of amides is 2. The van der Waals surface area contributed by atoms with Crippen LogP contribution in [0.1, 0.15) is 26.0 Å². The Morgan fingerprint density at radius 1 is 1.27 bits per heavy atom. The molecule has 3 aromatic rings. The first-order valence-electron chi connectivity index (χ1n) is 14.5. The summed E-state index contributed by atoms with van der Waals surface area (Å²) in [4.78, 5) is 57.1. The number of quaternary nitrogens is 1. The Labute approximate surface area is 299 Å². The molecular formula is C27H35F3N9O11S2+. The monoisotopic (exact) mass is 782 g/mol. The van der Waals surface area contributed by atoms with Crippen molar-refractivity contribution >= 4 is 57.8 Å². The normalized spacial score (nSPS) is 15.5. The average Bonchev–Trinajstić information content (AvgIpc) is 3.75. The summed E-state index contributed by atoms with van der Waals surface area (Å²) in [7, 11) is 0.676. The largest absolute Gasteiger partial charge is 0.490 e. The number of β-lactam (4-membered cyclic amide) rings is 1. The Kier molecular flexibility index (Phi) is 16.5. The SMILES string of the molecule is CC1(C)[C@H](NC(=O)/C(=N\OCCOc2ccc(-c3cnn(CCC[NH3+])c3)nc2)c2csc(N)n2)C(=O)N1OS(=O)O.COC(=O)C(F)(F)F.O=CO. The first-order valence-corrected chi connectivity index (χ1v) is 16.4. The quantitative estimate of drug-likeness (QED) is 0.0274. The summed E-state index contributed by atoms with van der Waals surface area (Å²) >= 11 is -1.61. The van der Waals surface area contributed by atoms with E-state index in [1.54, 1.807) is 32.3 Å². The number of rotatable bonds is 14. The van der Waals surface area contributed by atoms with Crippen LogP contribution in [-0.4, -0.2) is 113 Å². The van der Waals surface area contributed by atoms with Crippen LogP contribution in [0.3, 0.4) is 0 Å². The fourth-order valence-corrected chi connectivity index (χ4v) is 4.88. The lowest BCUT2D eigenvalue weighted by Crippen LogP contribution is -2.76. The summed E-state index contributed by atoms with van der Waals surface area (Å²) in [5.74, 6) is -3.13. The van der Waals surface area contributed by atoms with Gasteiger partial charge in [0.15, 0.2) is 17.5 Å². The number of hydrogen-bond acceptors (Lipinski definition) is 15. The number of carboxylic acid groups (broad SMARTS) is 1. The molecule has 0 aliphatic carbocycles. The van der Waals surface area contributed by atoms with Crippen LogP contribution in [-0.2, 0) is 50.9 Å². The molecule has 20 nitrogen and oxygen atoms in total. The fourth-order valence-electron chi connectivity index (χ4n) is 3.94. The van der Waals surface area contributed by atoms with Crippen LogP contribution in [0, 0.1) is 0 Å². The van der Waals surface area contributed by atoms with E-state index in [1.807, 2.05) is 16.9 Å². The molecule has 2 amide bonds. The second-order valence-electron chi connectivity index (χ2n) is 10.4. The Bertz CT molecular complexity index is 1700. The van der Waals surface area contributed by atoms with Crippen LogP contribution >= 0.6 is 11.3 Å². The van der Waals surface area contributed by atoms with Crippen LogP contribution in [0.5, 0.6) is 5.75 Å². The van der Waals surface area contributed by atoms with Gasteiger partial charge in [-0.1, -0.05) is 5.16 Å². The number of halogens is 3. The number of nitrogen functional groups attached to an aromatic ring is 1. The number of hydrogen-bond donors (Lipinski definition) is 5. The van der Waals surface area contributed by atoms with Gasteiger partial charge >= 0.3 is 23.5 Å². The van der Waals surface area contributed by atoms with Crippen molar-refractivity contribution in [3.63, 3.8) is 0 Å². The minimum atomic E-state index is -4.85. The topological polar surface area (TPSA) is 288 Å². The smallest absolute Gasteiger partial charge is 0.488 e. The van der Waals surface area contributed by atoms with E-state index in [1.165, 1.54) is 5.38 Å². The van der Waals surface area contributed by atoms with E-state index >= 15 is 0 Å². The number of esters is 1. The van der Waals surface area contributed by atoms with Gasteiger partial charge in [0.2, 0.25) is 0 Å². The number of methoxy groups -OCH3 is 1. The minimum Gasteiger partial charge on any atom is -0.488 e. The average molecular weight is 783 g/mol. The number of anilines is 1. The van der Waals surface area contributed by atoms with Crippen molar-refractivity contribution in [2.75, 3.05) is 32.6 Å².